The topological polar surface area (TPSA) is 44.1 Å². The minimum Gasteiger partial charge on any atom is -0.469 e. The second-order valence-corrected chi connectivity index (χ2v) is 11.5. The van der Waals surface area contributed by atoms with Crippen molar-refractivity contribution in [3.05, 3.63) is 166 Å². The fourth-order valence-corrected chi connectivity index (χ4v) is 6.81. The Kier molecular flexibility index (Phi) is 8.11. The molecule has 0 amide bonds. The van der Waals surface area contributed by atoms with Crippen molar-refractivity contribution in [1.82, 2.24) is 9.55 Å². The number of rotatable bonds is 7. The summed E-state index contributed by atoms with van der Waals surface area (Å²) in [6.07, 6.45) is 7.61. The van der Waals surface area contributed by atoms with E-state index in [1.807, 2.05) is 6.33 Å². The zero-order valence-electron chi connectivity index (χ0n) is 25.2. The minimum atomic E-state index is -0.645. The van der Waals surface area contributed by atoms with E-state index in [1.54, 1.807) is 0 Å². The molecule has 0 aliphatic heterocycles. The van der Waals surface area contributed by atoms with Crippen molar-refractivity contribution in [2.24, 2.45) is 5.92 Å². The Hall–Kier alpha value is -4.70. The highest BCUT2D eigenvalue weighted by molar-refractivity contribution is 5.83. The van der Waals surface area contributed by atoms with Gasteiger partial charge in [0.1, 0.15) is 5.54 Å². The third kappa shape index (κ3) is 5.23. The van der Waals surface area contributed by atoms with Gasteiger partial charge in [0.25, 0.3) is 0 Å². The molecule has 1 fully saturated rings. The van der Waals surface area contributed by atoms with Gasteiger partial charge in [0.15, 0.2) is 0 Å². The first-order valence-corrected chi connectivity index (χ1v) is 15.1. The summed E-state index contributed by atoms with van der Waals surface area (Å²) < 4.78 is 7.46. The molecule has 0 N–H and O–H groups in total. The van der Waals surface area contributed by atoms with Crippen molar-refractivity contribution in [1.29, 1.82) is 0 Å². The van der Waals surface area contributed by atoms with Crippen molar-refractivity contribution in [3.63, 3.8) is 0 Å². The molecule has 1 aromatic heterocycles. The van der Waals surface area contributed by atoms with Crippen molar-refractivity contribution in [2.45, 2.75) is 45.1 Å². The van der Waals surface area contributed by atoms with E-state index < -0.39 is 5.54 Å². The lowest BCUT2D eigenvalue weighted by atomic mass is 9.76. The number of aromatic nitrogens is 2. The molecule has 0 radical (unpaired) electrons. The first kappa shape index (κ1) is 28.4. The van der Waals surface area contributed by atoms with Crippen LogP contribution in [0, 0.1) is 19.8 Å². The van der Waals surface area contributed by atoms with E-state index in [-0.39, 0.29) is 11.9 Å². The second-order valence-electron chi connectivity index (χ2n) is 11.5. The predicted octanol–water partition coefficient (Wildman–Crippen LogP) is 8.51. The van der Waals surface area contributed by atoms with Crippen LogP contribution >= 0.6 is 0 Å². The van der Waals surface area contributed by atoms with Crippen molar-refractivity contribution < 1.29 is 9.53 Å². The average Bonchev–Trinajstić information content (AvgIpc) is 3.54. The molecule has 0 saturated heterocycles. The second kappa shape index (κ2) is 12.3. The van der Waals surface area contributed by atoms with Crippen LogP contribution in [0.5, 0.6) is 0 Å². The normalized spacial score (nSPS) is 16.5. The maximum absolute atomic E-state index is 12.7. The van der Waals surface area contributed by atoms with E-state index >= 15 is 0 Å². The Labute approximate surface area is 254 Å². The third-order valence-electron chi connectivity index (χ3n) is 9.09. The molecule has 1 aliphatic rings. The molecule has 0 bridgehead atoms. The summed E-state index contributed by atoms with van der Waals surface area (Å²) in [5.74, 6) is -0.257. The van der Waals surface area contributed by atoms with Crippen LogP contribution in [0.25, 0.3) is 5.57 Å². The van der Waals surface area contributed by atoms with Crippen molar-refractivity contribution >= 4 is 11.5 Å². The van der Waals surface area contributed by atoms with Crippen molar-refractivity contribution in [3.8, 4) is 0 Å². The van der Waals surface area contributed by atoms with E-state index in [2.05, 4.69) is 134 Å². The minimum absolute atomic E-state index is 0.126. The summed E-state index contributed by atoms with van der Waals surface area (Å²) in [6, 6.07) is 38.5. The molecule has 4 nitrogen and oxygen atoms in total. The Morgan fingerprint density at radius 2 is 1.40 bits per heavy atom. The van der Waals surface area contributed by atoms with Gasteiger partial charge in [-0.2, -0.15) is 0 Å². The Bertz CT molecular complexity index is 1640. The number of benzene rings is 4. The number of aryl methyl sites for hydroxylation is 1. The lowest BCUT2D eigenvalue weighted by Gasteiger charge is -2.37. The molecular weight excluding hydrogens is 528 g/mol. The summed E-state index contributed by atoms with van der Waals surface area (Å²) >= 11 is 0. The number of allylic oxidation sites excluding steroid dienone is 1. The maximum Gasteiger partial charge on any atom is 0.308 e. The molecule has 0 spiro atoms. The van der Waals surface area contributed by atoms with Crippen LogP contribution in [0.2, 0.25) is 0 Å². The number of nitrogens with zero attached hydrogens (tertiary/aromatic N) is 2. The molecule has 4 heteroatoms. The number of hydrogen-bond donors (Lipinski definition) is 0. The Morgan fingerprint density at radius 3 is 1.95 bits per heavy atom. The van der Waals surface area contributed by atoms with Gasteiger partial charge in [-0.15, -0.1) is 0 Å². The monoisotopic (exact) mass is 566 g/mol. The molecule has 43 heavy (non-hydrogen) atoms. The van der Waals surface area contributed by atoms with E-state index in [0.717, 1.165) is 47.2 Å². The highest BCUT2D eigenvalue weighted by Gasteiger charge is 2.39. The molecule has 216 valence electrons. The highest BCUT2D eigenvalue weighted by atomic mass is 16.5. The summed E-state index contributed by atoms with van der Waals surface area (Å²) in [5.41, 5.74) is 9.79. The van der Waals surface area contributed by atoms with Crippen LogP contribution in [0.15, 0.2) is 127 Å². The van der Waals surface area contributed by atoms with Gasteiger partial charge in [0.2, 0.25) is 0 Å². The van der Waals surface area contributed by atoms with Gasteiger partial charge in [0, 0.05) is 11.8 Å². The number of ether oxygens (including phenoxy) is 1. The molecule has 1 saturated carbocycles. The standard InChI is InChI=1S/C39H38N2O2/c1-28-15-13-24-35(29(28)2)37(30-16-14-17-31(25-30)38(42)43-3)36-26-41(27-40-36)39(32-18-7-4-8-19-32,33-20-9-5-10-21-33)34-22-11-6-12-23-34/h4-13,15,18-24,26-27,31H,14,16-17,25H2,1-3H3/b37-30-. The van der Waals surface area contributed by atoms with Gasteiger partial charge in [-0.1, -0.05) is 115 Å². The number of carbonyl (C=O) groups excluding carboxylic acids is 1. The van der Waals surface area contributed by atoms with Crippen LogP contribution in [-0.4, -0.2) is 22.6 Å². The Morgan fingerprint density at radius 1 is 0.814 bits per heavy atom. The van der Waals surface area contributed by atoms with Gasteiger partial charge in [-0.3, -0.25) is 4.79 Å². The fourth-order valence-electron chi connectivity index (χ4n) is 6.81. The maximum atomic E-state index is 12.7. The quantitative estimate of drug-likeness (QED) is 0.147. The third-order valence-corrected chi connectivity index (χ3v) is 9.09. The average molecular weight is 567 g/mol. The van der Waals surface area contributed by atoms with Crippen LogP contribution in [-0.2, 0) is 15.1 Å². The van der Waals surface area contributed by atoms with Crippen LogP contribution in [0.4, 0.5) is 0 Å². The lowest BCUT2D eigenvalue weighted by molar-refractivity contribution is -0.146. The number of hydrogen-bond acceptors (Lipinski definition) is 3. The van der Waals surface area contributed by atoms with Crippen molar-refractivity contribution in [2.75, 3.05) is 7.11 Å². The number of methoxy groups -OCH3 is 1. The molecular formula is C39H38N2O2. The van der Waals surface area contributed by atoms with E-state index in [1.165, 1.54) is 29.4 Å². The highest BCUT2D eigenvalue weighted by Crippen LogP contribution is 2.43. The first-order valence-electron chi connectivity index (χ1n) is 15.1. The molecule has 5 aromatic rings. The predicted molar refractivity (Wildman–Crippen MR) is 173 cm³/mol. The first-order chi connectivity index (χ1) is 21.0. The van der Waals surface area contributed by atoms with E-state index in [9.17, 15) is 4.79 Å². The van der Waals surface area contributed by atoms with Gasteiger partial charge in [-0.05, 0) is 72.9 Å². The number of esters is 1. The smallest absolute Gasteiger partial charge is 0.308 e. The van der Waals surface area contributed by atoms with Crippen LogP contribution in [0.1, 0.15) is 64.8 Å². The number of imidazole rings is 1. The number of carbonyl (C=O) groups is 1. The largest absolute Gasteiger partial charge is 0.469 e. The van der Waals surface area contributed by atoms with Gasteiger partial charge >= 0.3 is 5.97 Å². The summed E-state index contributed by atoms with van der Waals surface area (Å²) in [7, 11) is 1.49. The zero-order chi connectivity index (χ0) is 29.8. The summed E-state index contributed by atoms with van der Waals surface area (Å²) in [5, 5.41) is 0. The summed E-state index contributed by atoms with van der Waals surface area (Å²) in [4.78, 5) is 17.8. The van der Waals surface area contributed by atoms with E-state index in [0.29, 0.717) is 6.42 Å². The lowest BCUT2D eigenvalue weighted by Crippen LogP contribution is -2.36. The summed E-state index contributed by atoms with van der Waals surface area (Å²) in [6.45, 7) is 4.34. The molecule has 4 aromatic carbocycles. The van der Waals surface area contributed by atoms with Gasteiger partial charge in [0.05, 0.1) is 25.0 Å². The molecule has 1 unspecified atom stereocenters. The van der Waals surface area contributed by atoms with Gasteiger partial charge < -0.3 is 9.30 Å². The molecule has 6 rings (SSSR count). The molecule has 1 atom stereocenters. The van der Waals surface area contributed by atoms with Crippen LogP contribution in [0.3, 0.4) is 0 Å². The van der Waals surface area contributed by atoms with Gasteiger partial charge in [-0.25, -0.2) is 4.98 Å². The molecule has 1 heterocycles. The fraction of sp³-hybridized carbons (Fsp3) is 0.231. The Balaban J connectivity index is 1.61. The molecule has 1 aliphatic carbocycles. The van der Waals surface area contributed by atoms with Crippen LogP contribution < -0.4 is 0 Å². The van der Waals surface area contributed by atoms with E-state index in [4.69, 9.17) is 9.72 Å². The SMILES string of the molecule is COC(=O)C1CCC/C(=C(/c2cn(C(c3ccccc3)(c3ccccc3)c3ccccc3)cn2)c2cccc(C)c2C)C1. The zero-order valence-corrected chi connectivity index (χ0v) is 25.2.